The van der Waals surface area contributed by atoms with Crippen molar-refractivity contribution >= 4 is 17.5 Å². The van der Waals surface area contributed by atoms with Gasteiger partial charge in [0.15, 0.2) is 0 Å². The maximum atomic E-state index is 13.5. The van der Waals surface area contributed by atoms with Crippen LogP contribution in [0.15, 0.2) is 24.3 Å². The number of rotatable bonds is 2. The minimum Gasteiger partial charge on any atom is -0.381 e. The minimum absolute atomic E-state index is 0.317. The van der Waals surface area contributed by atoms with Gasteiger partial charge in [0.1, 0.15) is 0 Å². The van der Waals surface area contributed by atoms with Gasteiger partial charge in [0.2, 0.25) is 5.91 Å². The maximum Gasteiger partial charge on any atom is 0.233 e. The molecule has 4 rings (SSSR count). The van der Waals surface area contributed by atoms with Crippen molar-refractivity contribution in [2.24, 2.45) is 11.8 Å². The molecule has 1 aliphatic carbocycles. The summed E-state index contributed by atoms with van der Waals surface area (Å²) in [7, 11) is 0. The summed E-state index contributed by atoms with van der Waals surface area (Å²) in [6, 6.07) is 7.87. The number of fused-ring (bicyclic) bond motifs is 1. The third-order valence-corrected chi connectivity index (χ3v) is 6.42. The fourth-order valence-electron chi connectivity index (χ4n) is 4.82. The second-order valence-corrected chi connectivity index (χ2v) is 7.80. The number of hydrogen-bond donors (Lipinski definition) is 0. The lowest BCUT2D eigenvalue weighted by Crippen LogP contribution is -2.49. The van der Waals surface area contributed by atoms with Gasteiger partial charge in [0.05, 0.1) is 5.41 Å². The van der Waals surface area contributed by atoms with Crippen LogP contribution < -0.4 is 0 Å². The van der Waals surface area contributed by atoms with Crippen molar-refractivity contribution in [1.82, 2.24) is 4.90 Å². The number of halogens is 1. The lowest BCUT2D eigenvalue weighted by molar-refractivity contribution is -0.140. The van der Waals surface area contributed by atoms with Crippen LogP contribution in [0.3, 0.4) is 0 Å². The Balaban J connectivity index is 1.63. The van der Waals surface area contributed by atoms with Gasteiger partial charge < -0.3 is 9.64 Å². The molecule has 124 valence electrons. The third kappa shape index (κ3) is 2.68. The fraction of sp³-hybridized carbons (Fsp3) is 0.632. The smallest absolute Gasteiger partial charge is 0.233 e. The molecule has 1 amide bonds. The Hall–Kier alpha value is -1.06. The van der Waals surface area contributed by atoms with Gasteiger partial charge >= 0.3 is 0 Å². The van der Waals surface area contributed by atoms with E-state index in [1.54, 1.807) is 0 Å². The predicted molar refractivity (Wildman–Crippen MR) is 90.6 cm³/mol. The Morgan fingerprint density at radius 3 is 2.30 bits per heavy atom. The molecule has 1 aromatic carbocycles. The molecule has 3 nitrogen and oxygen atoms in total. The zero-order valence-electron chi connectivity index (χ0n) is 13.5. The van der Waals surface area contributed by atoms with Gasteiger partial charge in [-0.25, -0.2) is 0 Å². The van der Waals surface area contributed by atoms with E-state index in [-0.39, 0.29) is 0 Å². The molecule has 4 heteroatoms. The van der Waals surface area contributed by atoms with Crippen LogP contribution in [0.4, 0.5) is 0 Å². The van der Waals surface area contributed by atoms with Gasteiger partial charge in [0, 0.05) is 31.3 Å². The fourth-order valence-corrected chi connectivity index (χ4v) is 4.94. The average molecular weight is 334 g/mol. The standard InChI is InChI=1S/C19H24ClNO2/c20-17-6-4-16(5-7-17)19(8-10-23-11-9-19)18(22)21-12-14-2-1-3-15(14)13-21/h4-7,14-15H,1-3,8-13H2. The van der Waals surface area contributed by atoms with E-state index in [9.17, 15) is 4.79 Å². The highest BCUT2D eigenvalue weighted by atomic mass is 35.5. The summed E-state index contributed by atoms with van der Waals surface area (Å²) in [5, 5.41) is 0.721. The van der Waals surface area contributed by atoms with E-state index in [0.717, 1.165) is 48.4 Å². The summed E-state index contributed by atoms with van der Waals surface area (Å²) >= 11 is 6.05. The van der Waals surface area contributed by atoms with Crippen LogP contribution >= 0.6 is 11.6 Å². The molecule has 0 N–H and O–H groups in total. The molecule has 3 fully saturated rings. The molecule has 0 radical (unpaired) electrons. The van der Waals surface area contributed by atoms with Crippen molar-refractivity contribution in [2.75, 3.05) is 26.3 Å². The highest BCUT2D eigenvalue weighted by Crippen LogP contribution is 2.42. The Labute approximate surface area is 142 Å². The number of ether oxygens (including phenoxy) is 1. The lowest BCUT2D eigenvalue weighted by Gasteiger charge is -2.39. The van der Waals surface area contributed by atoms with Crippen LogP contribution in [-0.4, -0.2) is 37.1 Å². The van der Waals surface area contributed by atoms with Gasteiger partial charge in [0.25, 0.3) is 0 Å². The molecular weight excluding hydrogens is 310 g/mol. The van der Waals surface area contributed by atoms with E-state index in [1.807, 2.05) is 24.3 Å². The van der Waals surface area contributed by atoms with Gasteiger partial charge in [-0.2, -0.15) is 0 Å². The van der Waals surface area contributed by atoms with E-state index in [2.05, 4.69) is 4.90 Å². The van der Waals surface area contributed by atoms with Crippen LogP contribution in [0.2, 0.25) is 5.02 Å². The average Bonchev–Trinajstić information content (AvgIpc) is 3.17. The van der Waals surface area contributed by atoms with E-state index >= 15 is 0 Å². The molecule has 2 heterocycles. The Morgan fingerprint density at radius 1 is 1.09 bits per heavy atom. The van der Waals surface area contributed by atoms with Crippen LogP contribution in [0, 0.1) is 11.8 Å². The number of likely N-dealkylation sites (tertiary alicyclic amines) is 1. The zero-order valence-corrected chi connectivity index (χ0v) is 14.2. The molecule has 0 bridgehead atoms. The van der Waals surface area contributed by atoms with Crippen LogP contribution in [-0.2, 0) is 14.9 Å². The molecule has 3 aliphatic rings. The van der Waals surface area contributed by atoms with Crippen LogP contribution in [0.25, 0.3) is 0 Å². The van der Waals surface area contributed by atoms with Crippen molar-refractivity contribution in [2.45, 2.75) is 37.5 Å². The molecule has 1 saturated carbocycles. The van der Waals surface area contributed by atoms with Crippen molar-refractivity contribution in [3.8, 4) is 0 Å². The molecule has 0 aromatic heterocycles. The topological polar surface area (TPSA) is 29.5 Å². The van der Waals surface area contributed by atoms with E-state index in [4.69, 9.17) is 16.3 Å². The minimum atomic E-state index is -0.415. The van der Waals surface area contributed by atoms with Crippen LogP contribution in [0.1, 0.15) is 37.7 Å². The number of nitrogens with zero attached hydrogens (tertiary/aromatic N) is 1. The Bertz CT molecular complexity index is 568. The van der Waals surface area contributed by atoms with E-state index < -0.39 is 5.41 Å². The van der Waals surface area contributed by atoms with E-state index in [1.165, 1.54) is 19.3 Å². The van der Waals surface area contributed by atoms with Gasteiger partial charge in [-0.3, -0.25) is 4.79 Å². The number of carbonyl (C=O) groups is 1. The molecule has 2 aliphatic heterocycles. The summed E-state index contributed by atoms with van der Waals surface area (Å²) in [6.07, 6.45) is 5.49. The van der Waals surface area contributed by atoms with E-state index in [0.29, 0.717) is 19.1 Å². The zero-order chi connectivity index (χ0) is 15.9. The summed E-state index contributed by atoms with van der Waals surface area (Å²) in [5.74, 6) is 1.79. The number of carbonyl (C=O) groups excluding carboxylic acids is 1. The largest absolute Gasteiger partial charge is 0.381 e. The van der Waals surface area contributed by atoms with Crippen molar-refractivity contribution < 1.29 is 9.53 Å². The Morgan fingerprint density at radius 2 is 1.70 bits per heavy atom. The molecular formula is C19H24ClNO2. The molecule has 23 heavy (non-hydrogen) atoms. The highest BCUT2D eigenvalue weighted by Gasteiger charge is 2.47. The maximum absolute atomic E-state index is 13.5. The SMILES string of the molecule is O=C(N1CC2CCCC2C1)C1(c2ccc(Cl)cc2)CCOCC1. The number of hydrogen-bond acceptors (Lipinski definition) is 2. The Kier molecular flexibility index (Phi) is 4.10. The lowest BCUT2D eigenvalue weighted by atomic mass is 9.73. The van der Waals surface area contributed by atoms with Crippen molar-refractivity contribution in [1.29, 1.82) is 0 Å². The number of benzene rings is 1. The normalized spacial score (nSPS) is 29.5. The number of amides is 1. The molecule has 1 aromatic rings. The summed E-state index contributed by atoms with van der Waals surface area (Å²) in [6.45, 7) is 3.24. The van der Waals surface area contributed by atoms with Crippen LogP contribution in [0.5, 0.6) is 0 Å². The molecule has 2 atom stereocenters. The molecule has 0 spiro atoms. The first-order chi connectivity index (χ1) is 11.2. The first-order valence-electron chi connectivity index (χ1n) is 8.82. The summed E-state index contributed by atoms with van der Waals surface area (Å²) < 4.78 is 5.56. The van der Waals surface area contributed by atoms with Gasteiger partial charge in [-0.1, -0.05) is 30.2 Å². The third-order valence-electron chi connectivity index (χ3n) is 6.17. The summed E-state index contributed by atoms with van der Waals surface area (Å²) in [4.78, 5) is 15.6. The molecule has 2 unspecified atom stereocenters. The first kappa shape index (κ1) is 15.5. The predicted octanol–water partition coefficient (Wildman–Crippen LogP) is 3.65. The molecule has 2 saturated heterocycles. The monoisotopic (exact) mass is 333 g/mol. The second kappa shape index (κ2) is 6.10. The first-order valence-corrected chi connectivity index (χ1v) is 9.20. The second-order valence-electron chi connectivity index (χ2n) is 7.36. The van der Waals surface area contributed by atoms with Crippen molar-refractivity contribution in [3.63, 3.8) is 0 Å². The quantitative estimate of drug-likeness (QED) is 0.826. The summed E-state index contributed by atoms with van der Waals surface area (Å²) in [5.41, 5.74) is 0.689. The van der Waals surface area contributed by atoms with Crippen molar-refractivity contribution in [3.05, 3.63) is 34.9 Å². The van der Waals surface area contributed by atoms with Gasteiger partial charge in [-0.15, -0.1) is 0 Å². The van der Waals surface area contributed by atoms with Gasteiger partial charge in [-0.05, 0) is 55.2 Å². The highest BCUT2D eigenvalue weighted by molar-refractivity contribution is 6.30.